The van der Waals surface area contributed by atoms with Gasteiger partial charge in [-0.2, -0.15) is 0 Å². The van der Waals surface area contributed by atoms with Crippen LogP contribution in [0, 0.1) is 0 Å². The fraction of sp³-hybridized carbons (Fsp3) is 0.318. The fourth-order valence-electron chi connectivity index (χ4n) is 2.62. The zero-order chi connectivity index (χ0) is 19.5. The largest absolute Gasteiger partial charge is 0.503 e. The van der Waals surface area contributed by atoms with E-state index in [-0.39, 0.29) is 0 Å². The van der Waals surface area contributed by atoms with E-state index in [0.717, 1.165) is 42.0 Å². The maximum absolute atomic E-state index is 12.1. The Morgan fingerprint density at radius 3 is 2.67 bits per heavy atom. The van der Waals surface area contributed by atoms with Gasteiger partial charge in [0.15, 0.2) is 0 Å². The van der Waals surface area contributed by atoms with Crippen molar-refractivity contribution in [2.75, 3.05) is 26.1 Å². The second-order valence-corrected chi connectivity index (χ2v) is 6.01. The summed E-state index contributed by atoms with van der Waals surface area (Å²) in [5.41, 5.74) is 2.98. The number of methoxy groups -OCH3 is 2. The average Bonchev–Trinajstić information content (AvgIpc) is 2.71. The van der Waals surface area contributed by atoms with Crippen molar-refractivity contribution in [3.63, 3.8) is 0 Å². The molecule has 0 aliphatic heterocycles. The van der Waals surface area contributed by atoms with E-state index in [1.54, 1.807) is 0 Å². The lowest BCUT2D eigenvalue weighted by Crippen LogP contribution is -2.08. The number of unbranched alkanes of at least 4 members (excludes halogenated alkanes) is 1. The molecule has 0 saturated carbocycles. The molecule has 27 heavy (non-hydrogen) atoms. The highest BCUT2D eigenvalue weighted by Gasteiger charge is 2.16. The minimum Gasteiger partial charge on any atom is -0.503 e. The van der Waals surface area contributed by atoms with Crippen molar-refractivity contribution in [2.45, 2.75) is 26.4 Å². The molecule has 0 aromatic heterocycles. The zero-order valence-corrected chi connectivity index (χ0v) is 16.2. The number of carbonyl (C=O) groups excluding carboxylic acids is 1. The lowest BCUT2D eigenvalue weighted by atomic mass is 10.0. The van der Waals surface area contributed by atoms with Gasteiger partial charge in [-0.05, 0) is 29.7 Å². The molecule has 0 aliphatic rings. The predicted molar refractivity (Wildman–Crippen MR) is 108 cm³/mol. The van der Waals surface area contributed by atoms with Gasteiger partial charge < -0.3 is 19.5 Å². The van der Waals surface area contributed by atoms with Crippen LogP contribution < -0.4 is 10.1 Å². The summed E-state index contributed by atoms with van der Waals surface area (Å²) in [5.74, 6) is 0.313. The molecule has 0 heterocycles. The van der Waals surface area contributed by atoms with E-state index in [1.807, 2.05) is 48.5 Å². The van der Waals surface area contributed by atoms with Gasteiger partial charge in [-0.15, -0.1) is 0 Å². The highest BCUT2D eigenvalue weighted by atomic mass is 16.5. The lowest BCUT2D eigenvalue weighted by Gasteiger charge is -2.13. The fourth-order valence-corrected chi connectivity index (χ4v) is 2.62. The Bertz CT molecular complexity index is 770. The van der Waals surface area contributed by atoms with E-state index in [2.05, 4.69) is 12.2 Å². The topological polar surface area (TPSA) is 56.8 Å². The molecule has 144 valence electrons. The van der Waals surface area contributed by atoms with Crippen molar-refractivity contribution in [2.24, 2.45) is 0 Å². The second-order valence-electron chi connectivity index (χ2n) is 6.01. The van der Waals surface area contributed by atoms with Gasteiger partial charge in [0.2, 0.25) is 0 Å². The van der Waals surface area contributed by atoms with Gasteiger partial charge in [-0.1, -0.05) is 43.7 Å². The molecule has 0 saturated heterocycles. The molecule has 0 fully saturated rings. The summed E-state index contributed by atoms with van der Waals surface area (Å²) >= 11 is 0. The molecule has 2 aromatic rings. The molecule has 0 atom stereocenters. The van der Waals surface area contributed by atoms with E-state index in [4.69, 9.17) is 14.2 Å². The van der Waals surface area contributed by atoms with Crippen LogP contribution in [0.25, 0.3) is 5.57 Å². The Kier molecular flexibility index (Phi) is 8.23. The first-order valence-electron chi connectivity index (χ1n) is 9.05. The third-order valence-corrected chi connectivity index (χ3v) is 4.04. The minimum absolute atomic E-state index is 0.326. The first kappa shape index (κ1) is 20.4. The molecule has 2 rings (SSSR count). The number of nitrogens with one attached hydrogen (secondary N) is 1. The summed E-state index contributed by atoms with van der Waals surface area (Å²) < 4.78 is 15.9. The zero-order valence-electron chi connectivity index (χ0n) is 16.2. The molecule has 0 radical (unpaired) electrons. The third kappa shape index (κ3) is 6.06. The maximum Gasteiger partial charge on any atom is 0.341 e. The van der Waals surface area contributed by atoms with Crippen LogP contribution in [0.3, 0.4) is 0 Å². The van der Waals surface area contributed by atoms with Crippen LogP contribution in [0.2, 0.25) is 0 Å². The molecule has 5 nitrogen and oxygen atoms in total. The molecule has 5 heteroatoms. The summed E-state index contributed by atoms with van der Waals surface area (Å²) in [5, 5.41) is 3.39. The van der Waals surface area contributed by atoms with Gasteiger partial charge in [0.25, 0.3) is 0 Å². The third-order valence-electron chi connectivity index (χ3n) is 4.04. The number of ether oxygens (including phenoxy) is 3. The van der Waals surface area contributed by atoms with Crippen molar-refractivity contribution in [3.8, 4) is 5.75 Å². The second kappa shape index (κ2) is 10.9. The van der Waals surface area contributed by atoms with Crippen LogP contribution >= 0.6 is 0 Å². The molecule has 1 N–H and O–H groups in total. The number of carbonyl (C=O) groups is 1. The van der Waals surface area contributed by atoms with Crippen LogP contribution in [-0.4, -0.2) is 26.7 Å². The highest BCUT2D eigenvalue weighted by Crippen LogP contribution is 2.24. The van der Waals surface area contributed by atoms with E-state index < -0.39 is 5.97 Å². The summed E-state index contributed by atoms with van der Waals surface area (Å²) in [6.07, 6.45) is 3.67. The number of anilines is 1. The van der Waals surface area contributed by atoms with Gasteiger partial charge in [0.1, 0.15) is 17.9 Å². The molecule has 2 aromatic carbocycles. The van der Waals surface area contributed by atoms with Crippen LogP contribution in [0.15, 0.2) is 54.8 Å². The number of esters is 1. The Morgan fingerprint density at radius 1 is 1.11 bits per heavy atom. The molecule has 0 aliphatic carbocycles. The number of hydrogen-bond donors (Lipinski definition) is 1. The molecular formula is C22H27NO4. The Hall–Kier alpha value is -2.95. The van der Waals surface area contributed by atoms with Crippen LogP contribution in [-0.2, 0) is 20.9 Å². The number of hydrogen-bond acceptors (Lipinski definition) is 5. The van der Waals surface area contributed by atoms with Crippen molar-refractivity contribution in [1.82, 2.24) is 0 Å². The summed E-state index contributed by atoms with van der Waals surface area (Å²) in [7, 11) is 2.85. The van der Waals surface area contributed by atoms with Gasteiger partial charge >= 0.3 is 5.97 Å². The van der Waals surface area contributed by atoms with E-state index in [0.29, 0.717) is 12.2 Å². The quantitative estimate of drug-likeness (QED) is 0.286. The summed E-state index contributed by atoms with van der Waals surface area (Å²) in [4.78, 5) is 12.1. The number of rotatable bonds is 10. The lowest BCUT2D eigenvalue weighted by molar-refractivity contribution is -0.133. The number of benzene rings is 2. The first-order chi connectivity index (χ1) is 13.2. The van der Waals surface area contributed by atoms with Crippen molar-refractivity contribution in [3.05, 3.63) is 65.9 Å². The smallest absolute Gasteiger partial charge is 0.341 e. The molecule has 0 amide bonds. The molecule has 0 spiro atoms. The molecular weight excluding hydrogens is 342 g/mol. The van der Waals surface area contributed by atoms with Crippen molar-refractivity contribution in [1.29, 1.82) is 0 Å². The normalized spacial score (nSPS) is 11.0. The maximum atomic E-state index is 12.1. The SMILES string of the molecule is CCCCNc1cccc(OCc2ccccc2/C(=C\OC)C(=O)OC)c1. The first-order valence-corrected chi connectivity index (χ1v) is 9.05. The molecule has 0 bridgehead atoms. The van der Waals surface area contributed by atoms with Gasteiger partial charge in [-0.3, -0.25) is 0 Å². The monoisotopic (exact) mass is 369 g/mol. The Morgan fingerprint density at radius 2 is 1.93 bits per heavy atom. The van der Waals surface area contributed by atoms with Gasteiger partial charge in [0.05, 0.1) is 20.5 Å². The summed E-state index contributed by atoms with van der Waals surface area (Å²) in [6, 6.07) is 15.4. The Labute approximate surface area is 161 Å². The van der Waals surface area contributed by atoms with Crippen molar-refractivity contribution < 1.29 is 19.0 Å². The average molecular weight is 369 g/mol. The predicted octanol–water partition coefficient (Wildman–Crippen LogP) is 4.64. The van der Waals surface area contributed by atoms with Crippen LogP contribution in [0.5, 0.6) is 5.75 Å². The van der Waals surface area contributed by atoms with Gasteiger partial charge in [-0.25, -0.2) is 4.79 Å². The Balaban J connectivity index is 2.14. The highest BCUT2D eigenvalue weighted by molar-refractivity contribution is 6.16. The van der Waals surface area contributed by atoms with Crippen LogP contribution in [0.4, 0.5) is 5.69 Å². The minimum atomic E-state index is -0.452. The van der Waals surface area contributed by atoms with Gasteiger partial charge in [0, 0.05) is 18.3 Å². The standard InChI is InChI=1S/C22H27NO4/c1-4-5-13-23-18-10-8-11-19(14-18)27-15-17-9-6-7-12-20(17)21(16-25-2)22(24)26-3/h6-12,14,16,23H,4-5,13,15H2,1-3H3/b21-16+. The van der Waals surface area contributed by atoms with E-state index >= 15 is 0 Å². The van der Waals surface area contributed by atoms with Crippen LogP contribution in [0.1, 0.15) is 30.9 Å². The van der Waals surface area contributed by atoms with E-state index in [9.17, 15) is 4.79 Å². The van der Waals surface area contributed by atoms with Crippen molar-refractivity contribution >= 4 is 17.2 Å². The molecule has 0 unspecified atom stereocenters. The van der Waals surface area contributed by atoms with E-state index in [1.165, 1.54) is 20.5 Å². The summed E-state index contributed by atoms with van der Waals surface area (Å²) in [6.45, 7) is 3.43.